The van der Waals surface area contributed by atoms with Crippen LogP contribution in [0.5, 0.6) is 11.5 Å². The fourth-order valence-electron chi connectivity index (χ4n) is 2.56. The predicted octanol–water partition coefficient (Wildman–Crippen LogP) is 4.69. The maximum absolute atomic E-state index is 12.4. The molecule has 0 spiro atoms. The molecule has 3 aromatic carbocycles. The Labute approximate surface area is 135 Å². The monoisotopic (exact) mass is 306 g/mol. The molecule has 116 valence electrons. The number of hydrogen-bond acceptors (Lipinski definition) is 3. The summed E-state index contributed by atoms with van der Waals surface area (Å²) in [6.07, 6.45) is 0. The van der Waals surface area contributed by atoms with E-state index in [0.29, 0.717) is 11.3 Å². The van der Waals surface area contributed by atoms with E-state index in [2.05, 4.69) is 0 Å². The zero-order chi connectivity index (χ0) is 16.6. The molecule has 0 aliphatic carbocycles. The number of ether oxygens (including phenoxy) is 1. The average Bonchev–Trinajstić information content (AvgIpc) is 2.52. The van der Waals surface area contributed by atoms with Crippen molar-refractivity contribution in [2.24, 2.45) is 0 Å². The molecule has 0 unspecified atom stereocenters. The van der Waals surface area contributed by atoms with Crippen LogP contribution < -0.4 is 4.74 Å². The molecule has 3 nitrogen and oxygen atoms in total. The average molecular weight is 306 g/mol. The van der Waals surface area contributed by atoms with Crippen molar-refractivity contribution in [3.8, 4) is 11.5 Å². The molecule has 0 aromatic heterocycles. The molecule has 0 amide bonds. The Balaban J connectivity index is 1.91. The van der Waals surface area contributed by atoms with Gasteiger partial charge in [-0.25, -0.2) is 4.79 Å². The van der Waals surface area contributed by atoms with E-state index in [0.717, 1.165) is 21.9 Å². The number of aryl methyl sites for hydroxylation is 3. The van der Waals surface area contributed by atoms with E-state index in [4.69, 9.17) is 4.74 Å². The lowest BCUT2D eigenvalue weighted by Crippen LogP contribution is -2.09. The number of benzene rings is 3. The summed E-state index contributed by atoms with van der Waals surface area (Å²) >= 11 is 0. The van der Waals surface area contributed by atoms with Gasteiger partial charge in [-0.1, -0.05) is 18.2 Å². The Morgan fingerprint density at radius 3 is 2.26 bits per heavy atom. The van der Waals surface area contributed by atoms with Crippen molar-refractivity contribution in [1.82, 2.24) is 0 Å². The largest absolute Gasteiger partial charge is 0.508 e. The normalized spacial score (nSPS) is 10.7. The highest BCUT2D eigenvalue weighted by Crippen LogP contribution is 2.25. The van der Waals surface area contributed by atoms with E-state index in [1.54, 1.807) is 36.4 Å². The van der Waals surface area contributed by atoms with E-state index in [1.165, 1.54) is 5.56 Å². The Morgan fingerprint density at radius 2 is 1.48 bits per heavy atom. The number of fused-ring (bicyclic) bond motifs is 1. The van der Waals surface area contributed by atoms with Crippen molar-refractivity contribution >= 4 is 16.7 Å². The summed E-state index contributed by atoms with van der Waals surface area (Å²) in [6, 6.07) is 14.2. The molecule has 0 radical (unpaired) electrons. The highest BCUT2D eigenvalue weighted by atomic mass is 16.5. The number of aromatic hydroxyl groups is 1. The number of phenols is 1. The molecule has 0 bridgehead atoms. The van der Waals surface area contributed by atoms with Crippen LogP contribution in [0.25, 0.3) is 10.8 Å². The van der Waals surface area contributed by atoms with E-state index in [9.17, 15) is 9.90 Å². The SMILES string of the molecule is Cc1cc(C)c(OC(=O)c2ccc3cc(O)ccc3c2)cc1C. The van der Waals surface area contributed by atoms with Crippen LogP contribution >= 0.6 is 0 Å². The predicted molar refractivity (Wildman–Crippen MR) is 91.2 cm³/mol. The summed E-state index contributed by atoms with van der Waals surface area (Å²) in [4.78, 5) is 12.4. The summed E-state index contributed by atoms with van der Waals surface area (Å²) in [5.41, 5.74) is 3.69. The van der Waals surface area contributed by atoms with Crippen molar-refractivity contribution in [3.05, 3.63) is 70.8 Å². The first kappa shape index (κ1) is 15.1. The Morgan fingerprint density at radius 1 is 0.826 bits per heavy atom. The molecule has 3 aromatic rings. The van der Waals surface area contributed by atoms with E-state index < -0.39 is 0 Å². The van der Waals surface area contributed by atoms with Gasteiger partial charge in [0.2, 0.25) is 0 Å². The summed E-state index contributed by atoms with van der Waals surface area (Å²) in [6.45, 7) is 5.96. The van der Waals surface area contributed by atoms with Crippen LogP contribution in [-0.2, 0) is 0 Å². The molecule has 0 atom stereocenters. The topological polar surface area (TPSA) is 46.5 Å². The van der Waals surface area contributed by atoms with Gasteiger partial charge in [0.25, 0.3) is 0 Å². The van der Waals surface area contributed by atoms with Crippen LogP contribution in [0.3, 0.4) is 0 Å². The van der Waals surface area contributed by atoms with E-state index in [-0.39, 0.29) is 11.7 Å². The third kappa shape index (κ3) is 3.04. The lowest BCUT2D eigenvalue weighted by atomic mass is 10.1. The summed E-state index contributed by atoms with van der Waals surface area (Å²) in [5, 5.41) is 11.3. The van der Waals surface area contributed by atoms with Gasteiger partial charge in [-0.15, -0.1) is 0 Å². The quantitative estimate of drug-likeness (QED) is 0.552. The summed E-state index contributed by atoms with van der Waals surface area (Å²) in [5.74, 6) is 0.411. The fourth-order valence-corrected chi connectivity index (χ4v) is 2.56. The molecule has 23 heavy (non-hydrogen) atoms. The second-order valence-corrected chi connectivity index (χ2v) is 5.84. The van der Waals surface area contributed by atoms with Gasteiger partial charge in [0.1, 0.15) is 11.5 Å². The summed E-state index contributed by atoms with van der Waals surface area (Å²) in [7, 11) is 0. The van der Waals surface area contributed by atoms with Crippen LogP contribution in [0.15, 0.2) is 48.5 Å². The third-order valence-electron chi connectivity index (χ3n) is 4.05. The first-order valence-corrected chi connectivity index (χ1v) is 7.47. The molecule has 0 saturated heterocycles. The van der Waals surface area contributed by atoms with Gasteiger partial charge >= 0.3 is 5.97 Å². The molecule has 0 aliphatic rings. The van der Waals surface area contributed by atoms with Crippen LogP contribution in [-0.4, -0.2) is 11.1 Å². The molecule has 0 heterocycles. The van der Waals surface area contributed by atoms with Crippen molar-refractivity contribution in [2.75, 3.05) is 0 Å². The molecule has 3 heteroatoms. The van der Waals surface area contributed by atoms with E-state index >= 15 is 0 Å². The molecule has 0 fully saturated rings. The van der Waals surface area contributed by atoms with Crippen molar-refractivity contribution in [2.45, 2.75) is 20.8 Å². The van der Waals surface area contributed by atoms with Crippen molar-refractivity contribution in [3.63, 3.8) is 0 Å². The Kier molecular flexibility index (Phi) is 3.78. The minimum atomic E-state index is -0.383. The molecule has 0 saturated carbocycles. The zero-order valence-corrected chi connectivity index (χ0v) is 13.4. The van der Waals surface area contributed by atoms with Gasteiger partial charge in [0, 0.05) is 0 Å². The van der Waals surface area contributed by atoms with Crippen LogP contribution in [0, 0.1) is 20.8 Å². The van der Waals surface area contributed by atoms with Crippen LogP contribution in [0.4, 0.5) is 0 Å². The number of carbonyl (C=O) groups excluding carboxylic acids is 1. The van der Waals surface area contributed by atoms with Crippen molar-refractivity contribution in [1.29, 1.82) is 0 Å². The van der Waals surface area contributed by atoms with Crippen molar-refractivity contribution < 1.29 is 14.6 Å². The molecule has 3 rings (SSSR count). The maximum Gasteiger partial charge on any atom is 0.343 e. The highest BCUT2D eigenvalue weighted by molar-refractivity contribution is 5.96. The zero-order valence-electron chi connectivity index (χ0n) is 13.4. The number of esters is 1. The fraction of sp³-hybridized carbons (Fsp3) is 0.150. The van der Waals surface area contributed by atoms with Gasteiger partial charge in [-0.2, -0.15) is 0 Å². The van der Waals surface area contributed by atoms with Gasteiger partial charge < -0.3 is 9.84 Å². The first-order chi connectivity index (χ1) is 10.9. The van der Waals surface area contributed by atoms with E-state index in [1.807, 2.05) is 32.9 Å². The van der Waals surface area contributed by atoms with Gasteiger partial charge in [0.15, 0.2) is 0 Å². The smallest absolute Gasteiger partial charge is 0.343 e. The number of carbonyl (C=O) groups is 1. The Bertz CT molecular complexity index is 910. The summed E-state index contributed by atoms with van der Waals surface area (Å²) < 4.78 is 5.55. The lowest BCUT2D eigenvalue weighted by molar-refractivity contribution is 0.0733. The number of hydrogen-bond donors (Lipinski definition) is 1. The molecular weight excluding hydrogens is 288 g/mol. The molecular formula is C20H18O3. The highest BCUT2D eigenvalue weighted by Gasteiger charge is 2.12. The Hall–Kier alpha value is -2.81. The second kappa shape index (κ2) is 5.76. The first-order valence-electron chi connectivity index (χ1n) is 7.47. The standard InChI is InChI=1S/C20H18O3/c1-12-8-14(3)19(9-13(12)2)23-20(22)17-5-4-16-11-18(21)7-6-15(16)10-17/h4-11,21H,1-3H3. The van der Waals surface area contributed by atoms with Gasteiger partial charge in [-0.05, 0) is 78.6 Å². The number of phenolic OH excluding ortho intramolecular Hbond substituents is 1. The third-order valence-corrected chi connectivity index (χ3v) is 4.05. The van der Waals surface area contributed by atoms with Gasteiger partial charge in [0.05, 0.1) is 5.56 Å². The number of rotatable bonds is 2. The lowest BCUT2D eigenvalue weighted by Gasteiger charge is -2.11. The van der Waals surface area contributed by atoms with Gasteiger partial charge in [-0.3, -0.25) is 0 Å². The molecule has 1 N–H and O–H groups in total. The minimum Gasteiger partial charge on any atom is -0.508 e. The maximum atomic E-state index is 12.4. The van der Waals surface area contributed by atoms with Crippen LogP contribution in [0.2, 0.25) is 0 Å². The molecule has 0 aliphatic heterocycles. The van der Waals surface area contributed by atoms with Crippen LogP contribution in [0.1, 0.15) is 27.0 Å². The second-order valence-electron chi connectivity index (χ2n) is 5.84. The minimum absolute atomic E-state index is 0.207.